The summed E-state index contributed by atoms with van der Waals surface area (Å²) in [6.45, 7) is 5.05. The van der Waals surface area contributed by atoms with Crippen LogP contribution < -0.4 is 15.8 Å². The molecule has 3 N–H and O–H groups in total. The molecular weight excluding hydrogens is 259 g/mol. The van der Waals surface area contributed by atoms with E-state index in [2.05, 4.69) is 19.2 Å². The highest BCUT2D eigenvalue weighted by Crippen LogP contribution is 2.15. The molecule has 5 heteroatoms. The number of anilines is 1. The number of rotatable bonds is 5. The van der Waals surface area contributed by atoms with E-state index in [0.717, 1.165) is 18.0 Å². The van der Waals surface area contributed by atoms with E-state index >= 15 is 0 Å². The summed E-state index contributed by atoms with van der Waals surface area (Å²) in [5.41, 5.74) is 7.01. The molecule has 0 amide bonds. The quantitative estimate of drug-likeness (QED) is 0.872. The highest BCUT2D eigenvalue weighted by molar-refractivity contribution is 5.85. The maximum absolute atomic E-state index is 5.93. The number of ether oxygens (including phenoxy) is 1. The summed E-state index contributed by atoms with van der Waals surface area (Å²) >= 11 is 0. The molecule has 0 aliphatic carbocycles. The standard InChI is InChI=1S/C12H20N2O.2ClH/c1-9(2)12(13)8-14-10-4-6-11(15-3)7-5-10;;/h4-7,9,12,14H,8,13H2,1-3H3;2*1H/t12-;;/m1../s1. The lowest BCUT2D eigenvalue weighted by Gasteiger charge is -2.17. The van der Waals surface area contributed by atoms with Crippen LogP contribution in [0, 0.1) is 5.92 Å². The van der Waals surface area contributed by atoms with Crippen molar-refractivity contribution in [1.82, 2.24) is 0 Å². The Morgan fingerprint density at radius 1 is 1.18 bits per heavy atom. The van der Waals surface area contributed by atoms with Gasteiger partial charge in [-0.1, -0.05) is 13.8 Å². The Morgan fingerprint density at radius 2 is 1.71 bits per heavy atom. The first-order valence-electron chi connectivity index (χ1n) is 5.27. The van der Waals surface area contributed by atoms with Gasteiger partial charge in [-0.2, -0.15) is 0 Å². The average Bonchev–Trinajstić information content (AvgIpc) is 2.26. The molecule has 0 aliphatic rings. The third-order valence-electron chi connectivity index (χ3n) is 2.49. The van der Waals surface area contributed by atoms with E-state index in [4.69, 9.17) is 10.5 Å². The molecule has 0 spiro atoms. The Labute approximate surface area is 116 Å². The number of halogens is 2. The highest BCUT2D eigenvalue weighted by Gasteiger charge is 2.06. The number of methoxy groups -OCH3 is 1. The Bertz CT molecular complexity index is 291. The van der Waals surface area contributed by atoms with E-state index in [-0.39, 0.29) is 30.9 Å². The minimum absolute atomic E-state index is 0. The number of nitrogens with two attached hydrogens (primary N) is 1. The first kappa shape index (κ1) is 18.7. The van der Waals surface area contributed by atoms with Crippen molar-refractivity contribution in [2.75, 3.05) is 19.0 Å². The molecule has 0 aromatic heterocycles. The van der Waals surface area contributed by atoms with Gasteiger partial charge in [0, 0.05) is 18.3 Å². The van der Waals surface area contributed by atoms with Gasteiger partial charge in [-0.3, -0.25) is 0 Å². The molecule has 0 bridgehead atoms. The lowest BCUT2D eigenvalue weighted by molar-refractivity contribution is 0.415. The van der Waals surface area contributed by atoms with Crippen molar-refractivity contribution >= 4 is 30.5 Å². The Morgan fingerprint density at radius 3 is 2.12 bits per heavy atom. The first-order valence-corrected chi connectivity index (χ1v) is 5.27. The SMILES string of the molecule is COc1ccc(NC[C@@H](N)C(C)C)cc1.Cl.Cl. The minimum atomic E-state index is 0. The van der Waals surface area contributed by atoms with Crippen LogP contribution in [0.4, 0.5) is 5.69 Å². The van der Waals surface area contributed by atoms with E-state index in [1.54, 1.807) is 7.11 Å². The molecule has 3 nitrogen and oxygen atoms in total. The maximum atomic E-state index is 5.93. The fourth-order valence-electron chi connectivity index (χ4n) is 1.18. The van der Waals surface area contributed by atoms with Crippen LogP contribution in [0.2, 0.25) is 0 Å². The topological polar surface area (TPSA) is 47.3 Å². The molecule has 1 rings (SSSR count). The van der Waals surface area contributed by atoms with E-state index in [1.165, 1.54) is 0 Å². The molecule has 1 atom stereocenters. The van der Waals surface area contributed by atoms with Crippen molar-refractivity contribution in [3.05, 3.63) is 24.3 Å². The van der Waals surface area contributed by atoms with E-state index in [9.17, 15) is 0 Å². The van der Waals surface area contributed by atoms with Gasteiger partial charge < -0.3 is 15.8 Å². The molecule has 1 aromatic carbocycles. The Kier molecular flexibility index (Phi) is 10.3. The molecular formula is C12H22Cl2N2O. The zero-order chi connectivity index (χ0) is 11.3. The molecule has 0 fully saturated rings. The van der Waals surface area contributed by atoms with Gasteiger partial charge in [0.1, 0.15) is 5.75 Å². The number of hydrogen-bond donors (Lipinski definition) is 2. The van der Waals surface area contributed by atoms with E-state index in [0.29, 0.717) is 5.92 Å². The summed E-state index contributed by atoms with van der Waals surface area (Å²) < 4.78 is 5.08. The normalized spacial score (nSPS) is 11.1. The smallest absolute Gasteiger partial charge is 0.119 e. The van der Waals surface area contributed by atoms with Gasteiger partial charge >= 0.3 is 0 Å². The summed E-state index contributed by atoms with van der Waals surface area (Å²) in [6.07, 6.45) is 0. The van der Waals surface area contributed by atoms with Crippen LogP contribution >= 0.6 is 24.8 Å². The third-order valence-corrected chi connectivity index (χ3v) is 2.49. The minimum Gasteiger partial charge on any atom is -0.497 e. The second-order valence-electron chi connectivity index (χ2n) is 4.02. The molecule has 17 heavy (non-hydrogen) atoms. The van der Waals surface area contributed by atoms with Crippen molar-refractivity contribution in [2.24, 2.45) is 11.7 Å². The van der Waals surface area contributed by atoms with E-state index < -0.39 is 0 Å². The molecule has 0 heterocycles. The lowest BCUT2D eigenvalue weighted by Crippen LogP contribution is -2.33. The van der Waals surface area contributed by atoms with Gasteiger partial charge in [-0.25, -0.2) is 0 Å². The van der Waals surface area contributed by atoms with Gasteiger partial charge in [0.25, 0.3) is 0 Å². The van der Waals surface area contributed by atoms with E-state index in [1.807, 2.05) is 24.3 Å². The van der Waals surface area contributed by atoms with Crippen LogP contribution in [0.15, 0.2) is 24.3 Å². The van der Waals surface area contributed by atoms with Gasteiger partial charge in [0.2, 0.25) is 0 Å². The highest BCUT2D eigenvalue weighted by atomic mass is 35.5. The summed E-state index contributed by atoms with van der Waals surface area (Å²) in [4.78, 5) is 0. The van der Waals surface area contributed by atoms with Crippen LogP contribution in [-0.2, 0) is 0 Å². The summed E-state index contributed by atoms with van der Waals surface area (Å²) in [5, 5.41) is 3.30. The van der Waals surface area contributed by atoms with Crippen molar-refractivity contribution in [3.63, 3.8) is 0 Å². The molecule has 0 aliphatic heterocycles. The van der Waals surface area contributed by atoms with Crippen LogP contribution in [0.3, 0.4) is 0 Å². The Balaban J connectivity index is 0. The van der Waals surface area contributed by atoms with Crippen LogP contribution in [0.5, 0.6) is 5.75 Å². The second kappa shape index (κ2) is 9.40. The molecule has 0 saturated heterocycles. The van der Waals surface area contributed by atoms with Gasteiger partial charge in [-0.15, -0.1) is 24.8 Å². The van der Waals surface area contributed by atoms with Crippen molar-refractivity contribution in [2.45, 2.75) is 19.9 Å². The zero-order valence-corrected chi connectivity index (χ0v) is 12.1. The Hall–Kier alpha value is -0.640. The van der Waals surface area contributed by atoms with Crippen LogP contribution in [0.1, 0.15) is 13.8 Å². The average molecular weight is 281 g/mol. The summed E-state index contributed by atoms with van der Waals surface area (Å²) in [7, 11) is 1.66. The van der Waals surface area contributed by atoms with Gasteiger partial charge in [0.05, 0.1) is 7.11 Å². The lowest BCUT2D eigenvalue weighted by atomic mass is 10.1. The summed E-state index contributed by atoms with van der Waals surface area (Å²) in [6, 6.07) is 8.04. The van der Waals surface area contributed by atoms with Crippen molar-refractivity contribution in [3.8, 4) is 5.75 Å². The predicted molar refractivity (Wildman–Crippen MR) is 78.8 cm³/mol. The first-order chi connectivity index (χ1) is 7.13. The monoisotopic (exact) mass is 280 g/mol. The number of nitrogens with one attached hydrogen (secondary N) is 1. The fourth-order valence-corrected chi connectivity index (χ4v) is 1.18. The molecule has 0 radical (unpaired) electrons. The van der Waals surface area contributed by atoms with Crippen LogP contribution in [0.25, 0.3) is 0 Å². The molecule has 0 unspecified atom stereocenters. The van der Waals surface area contributed by atoms with Crippen molar-refractivity contribution < 1.29 is 4.74 Å². The molecule has 0 saturated carbocycles. The number of hydrogen-bond acceptors (Lipinski definition) is 3. The third kappa shape index (κ3) is 6.61. The molecule has 100 valence electrons. The maximum Gasteiger partial charge on any atom is 0.119 e. The fraction of sp³-hybridized carbons (Fsp3) is 0.500. The number of benzene rings is 1. The van der Waals surface area contributed by atoms with Crippen molar-refractivity contribution in [1.29, 1.82) is 0 Å². The van der Waals surface area contributed by atoms with Crippen LogP contribution in [-0.4, -0.2) is 19.7 Å². The summed E-state index contributed by atoms with van der Waals surface area (Å²) in [5.74, 6) is 1.37. The molecule has 1 aromatic rings. The van der Waals surface area contributed by atoms with Gasteiger partial charge in [-0.05, 0) is 30.2 Å². The predicted octanol–water partition coefficient (Wildman–Crippen LogP) is 2.93. The zero-order valence-electron chi connectivity index (χ0n) is 10.5. The second-order valence-corrected chi connectivity index (χ2v) is 4.02. The van der Waals surface area contributed by atoms with Gasteiger partial charge in [0.15, 0.2) is 0 Å². The largest absolute Gasteiger partial charge is 0.497 e.